The average Bonchev–Trinajstić information content (AvgIpc) is 2.90. The molecule has 9 heteroatoms. The molecule has 0 bridgehead atoms. The topological polar surface area (TPSA) is 103 Å². The van der Waals surface area contributed by atoms with Gasteiger partial charge in [0.2, 0.25) is 10.0 Å². The minimum atomic E-state index is -3.69. The van der Waals surface area contributed by atoms with Gasteiger partial charge in [0.1, 0.15) is 10.7 Å². The summed E-state index contributed by atoms with van der Waals surface area (Å²) in [5.41, 5.74) is 8.02. The fourth-order valence-electron chi connectivity index (χ4n) is 2.00. The minimum Gasteiger partial charge on any atom is -0.452 e. The molecule has 0 spiro atoms. The molecular weight excluding hydrogens is 360 g/mol. The lowest BCUT2D eigenvalue weighted by atomic mass is 10.2. The SMILES string of the molecule is Cc1nn(C)c(C)c1CNS(=O)(=O)c1cc(CN)oc1Br. The van der Waals surface area contributed by atoms with Crippen LogP contribution in [0, 0.1) is 13.8 Å². The van der Waals surface area contributed by atoms with Crippen LogP contribution >= 0.6 is 15.9 Å². The molecule has 0 fully saturated rings. The van der Waals surface area contributed by atoms with Gasteiger partial charge in [-0.1, -0.05) is 0 Å². The smallest absolute Gasteiger partial charge is 0.245 e. The van der Waals surface area contributed by atoms with E-state index in [9.17, 15) is 8.42 Å². The monoisotopic (exact) mass is 376 g/mol. The maximum atomic E-state index is 12.3. The molecule has 0 aromatic carbocycles. The Hall–Kier alpha value is -1.16. The molecule has 2 rings (SSSR count). The molecule has 0 saturated carbocycles. The highest BCUT2D eigenvalue weighted by atomic mass is 79.9. The van der Waals surface area contributed by atoms with Gasteiger partial charge < -0.3 is 10.2 Å². The van der Waals surface area contributed by atoms with Gasteiger partial charge >= 0.3 is 0 Å². The van der Waals surface area contributed by atoms with Crippen LogP contribution in [0.3, 0.4) is 0 Å². The third-order valence-corrected chi connectivity index (χ3v) is 5.55. The fraction of sp³-hybridized carbons (Fsp3) is 0.417. The molecule has 2 heterocycles. The van der Waals surface area contributed by atoms with Gasteiger partial charge in [-0.2, -0.15) is 5.10 Å². The number of nitrogens with zero attached hydrogens (tertiary/aromatic N) is 2. The van der Waals surface area contributed by atoms with E-state index in [4.69, 9.17) is 10.2 Å². The first-order valence-electron chi connectivity index (χ1n) is 6.23. The van der Waals surface area contributed by atoms with Crippen LogP contribution in [0.25, 0.3) is 0 Å². The van der Waals surface area contributed by atoms with Crippen LogP contribution < -0.4 is 10.5 Å². The molecule has 0 atom stereocenters. The molecule has 0 aliphatic heterocycles. The van der Waals surface area contributed by atoms with Crippen molar-refractivity contribution in [1.82, 2.24) is 14.5 Å². The van der Waals surface area contributed by atoms with E-state index in [1.807, 2.05) is 20.9 Å². The van der Waals surface area contributed by atoms with Gasteiger partial charge in [0.25, 0.3) is 0 Å². The molecule has 116 valence electrons. The summed E-state index contributed by atoms with van der Waals surface area (Å²) >= 11 is 3.10. The van der Waals surface area contributed by atoms with E-state index >= 15 is 0 Å². The maximum absolute atomic E-state index is 12.3. The summed E-state index contributed by atoms with van der Waals surface area (Å²) in [5.74, 6) is 0.399. The number of furan rings is 1. The zero-order valence-corrected chi connectivity index (χ0v) is 14.4. The van der Waals surface area contributed by atoms with Crippen LogP contribution in [0.1, 0.15) is 22.7 Å². The summed E-state index contributed by atoms with van der Waals surface area (Å²) in [6.07, 6.45) is 0. The molecule has 0 aliphatic carbocycles. The molecule has 2 aromatic rings. The van der Waals surface area contributed by atoms with Crippen LogP contribution in [0.5, 0.6) is 0 Å². The van der Waals surface area contributed by atoms with Crippen molar-refractivity contribution in [2.75, 3.05) is 0 Å². The van der Waals surface area contributed by atoms with Crippen molar-refractivity contribution in [3.63, 3.8) is 0 Å². The van der Waals surface area contributed by atoms with Gasteiger partial charge in [0.15, 0.2) is 4.67 Å². The Labute approximate surface area is 131 Å². The van der Waals surface area contributed by atoms with Crippen molar-refractivity contribution in [2.45, 2.75) is 31.8 Å². The highest BCUT2D eigenvalue weighted by Crippen LogP contribution is 2.26. The zero-order chi connectivity index (χ0) is 15.8. The van der Waals surface area contributed by atoms with Crippen LogP contribution in [0.4, 0.5) is 0 Å². The number of hydrogen-bond donors (Lipinski definition) is 2. The molecule has 7 nitrogen and oxygen atoms in total. The Kier molecular flexibility index (Phi) is 4.57. The number of halogens is 1. The van der Waals surface area contributed by atoms with E-state index in [-0.39, 0.29) is 22.7 Å². The summed E-state index contributed by atoms with van der Waals surface area (Å²) in [6, 6.07) is 1.41. The Morgan fingerprint density at radius 3 is 2.62 bits per heavy atom. The number of rotatable bonds is 5. The summed E-state index contributed by atoms with van der Waals surface area (Å²) in [4.78, 5) is 0.0437. The third-order valence-electron chi connectivity index (χ3n) is 3.30. The number of hydrogen-bond acceptors (Lipinski definition) is 5. The van der Waals surface area contributed by atoms with Gasteiger partial charge in [0.05, 0.1) is 12.2 Å². The summed E-state index contributed by atoms with van der Waals surface area (Å²) < 4.78 is 34.3. The first-order valence-corrected chi connectivity index (χ1v) is 8.51. The molecule has 0 aliphatic rings. The van der Waals surface area contributed by atoms with Gasteiger partial charge in [-0.3, -0.25) is 4.68 Å². The van der Waals surface area contributed by atoms with E-state index in [1.165, 1.54) is 6.07 Å². The molecule has 3 N–H and O–H groups in total. The first-order chi connectivity index (χ1) is 9.76. The first kappa shape index (κ1) is 16.2. The van der Waals surface area contributed by atoms with Gasteiger partial charge in [-0.05, 0) is 29.8 Å². The predicted octanol–water partition coefficient (Wildman–Crippen LogP) is 1.33. The largest absolute Gasteiger partial charge is 0.452 e. The van der Waals surface area contributed by atoms with E-state index < -0.39 is 10.0 Å². The number of nitrogens with one attached hydrogen (secondary N) is 1. The minimum absolute atomic E-state index is 0.0437. The van der Waals surface area contributed by atoms with Gasteiger partial charge in [0, 0.05) is 30.9 Å². The zero-order valence-electron chi connectivity index (χ0n) is 12.0. The number of aromatic nitrogens is 2. The lowest BCUT2D eigenvalue weighted by molar-refractivity contribution is 0.483. The molecule has 0 unspecified atom stereocenters. The molecule has 0 saturated heterocycles. The van der Waals surface area contributed by atoms with Crippen LogP contribution in [0.15, 0.2) is 20.0 Å². The number of sulfonamides is 1. The molecule has 21 heavy (non-hydrogen) atoms. The highest BCUT2D eigenvalue weighted by Gasteiger charge is 2.23. The van der Waals surface area contributed by atoms with Crippen LogP contribution in [-0.2, 0) is 30.2 Å². The Bertz CT molecular complexity index is 764. The van der Waals surface area contributed by atoms with Crippen molar-refractivity contribution in [3.05, 3.63) is 33.4 Å². The maximum Gasteiger partial charge on any atom is 0.245 e. The Morgan fingerprint density at radius 2 is 2.14 bits per heavy atom. The summed E-state index contributed by atoms with van der Waals surface area (Å²) in [6.45, 7) is 4.04. The molecule has 2 aromatic heterocycles. The van der Waals surface area contributed by atoms with Crippen LogP contribution in [0.2, 0.25) is 0 Å². The second-order valence-corrected chi connectivity index (χ2v) is 7.11. The number of nitrogens with two attached hydrogens (primary N) is 1. The fourth-order valence-corrected chi connectivity index (χ4v) is 3.99. The van der Waals surface area contributed by atoms with E-state index in [0.717, 1.165) is 17.0 Å². The van der Waals surface area contributed by atoms with E-state index in [2.05, 4.69) is 25.8 Å². The van der Waals surface area contributed by atoms with Crippen LogP contribution in [-0.4, -0.2) is 18.2 Å². The summed E-state index contributed by atoms with van der Waals surface area (Å²) in [7, 11) is -1.87. The second kappa shape index (κ2) is 5.91. The lowest BCUT2D eigenvalue weighted by Crippen LogP contribution is -2.23. The van der Waals surface area contributed by atoms with Crippen molar-refractivity contribution in [2.24, 2.45) is 12.8 Å². The van der Waals surface area contributed by atoms with E-state index in [0.29, 0.717) is 5.76 Å². The predicted molar refractivity (Wildman–Crippen MR) is 81.0 cm³/mol. The molecule has 0 amide bonds. The normalized spacial score (nSPS) is 12.0. The second-order valence-electron chi connectivity index (χ2n) is 4.65. The quantitative estimate of drug-likeness (QED) is 0.818. The number of aryl methyl sites for hydroxylation is 2. The summed E-state index contributed by atoms with van der Waals surface area (Å²) in [5, 5.41) is 4.26. The highest BCUT2D eigenvalue weighted by molar-refractivity contribution is 9.10. The Balaban J connectivity index is 2.23. The van der Waals surface area contributed by atoms with Crippen molar-refractivity contribution in [1.29, 1.82) is 0 Å². The standard InChI is InChI=1S/C12H17BrN4O3S/c1-7-10(8(2)17(3)16-7)6-15-21(18,19)11-4-9(5-14)20-12(11)13/h4,15H,5-6,14H2,1-3H3. The van der Waals surface area contributed by atoms with Gasteiger partial charge in [-0.25, -0.2) is 13.1 Å². The lowest BCUT2D eigenvalue weighted by Gasteiger charge is -2.06. The average molecular weight is 377 g/mol. The van der Waals surface area contributed by atoms with Crippen molar-refractivity contribution in [3.8, 4) is 0 Å². The van der Waals surface area contributed by atoms with Crippen molar-refractivity contribution >= 4 is 26.0 Å². The van der Waals surface area contributed by atoms with Crippen molar-refractivity contribution < 1.29 is 12.8 Å². The Morgan fingerprint density at radius 1 is 1.48 bits per heavy atom. The van der Waals surface area contributed by atoms with E-state index in [1.54, 1.807) is 4.68 Å². The molecular formula is C12H17BrN4O3S. The van der Waals surface area contributed by atoms with Gasteiger partial charge in [-0.15, -0.1) is 0 Å². The molecule has 0 radical (unpaired) electrons. The third kappa shape index (κ3) is 3.20.